The summed E-state index contributed by atoms with van der Waals surface area (Å²) in [5.41, 5.74) is 1.05. The minimum Gasteiger partial charge on any atom is -0.464 e. The van der Waals surface area contributed by atoms with E-state index in [0.29, 0.717) is 17.0 Å². The monoisotopic (exact) mass is 239 g/mol. The van der Waals surface area contributed by atoms with Crippen molar-refractivity contribution in [3.8, 4) is 0 Å². The first-order valence-electron chi connectivity index (χ1n) is 4.76. The predicted octanol–water partition coefficient (Wildman–Crippen LogP) is -0.199. The lowest BCUT2D eigenvalue weighted by atomic mass is 10.1. The molecule has 1 heterocycles. The zero-order chi connectivity index (χ0) is 12.8. The molecule has 1 aromatic heterocycles. The molecule has 0 radical (unpaired) electrons. The summed E-state index contributed by atoms with van der Waals surface area (Å²) in [6.45, 7) is 1.34. The van der Waals surface area contributed by atoms with Crippen LogP contribution in [0.3, 0.4) is 0 Å². The van der Waals surface area contributed by atoms with E-state index in [1.165, 1.54) is 20.5 Å². The molecule has 0 spiro atoms. The van der Waals surface area contributed by atoms with Gasteiger partial charge in [0.25, 0.3) is 0 Å². The van der Waals surface area contributed by atoms with Gasteiger partial charge in [-0.15, -0.1) is 0 Å². The van der Waals surface area contributed by atoms with Gasteiger partial charge in [-0.1, -0.05) is 5.16 Å². The first-order valence-corrected chi connectivity index (χ1v) is 4.76. The van der Waals surface area contributed by atoms with Crippen molar-refractivity contribution in [1.29, 1.82) is 0 Å². The van der Waals surface area contributed by atoms with Crippen LogP contribution in [0.25, 0.3) is 0 Å². The first kappa shape index (κ1) is 13.0. The number of carbonyl (C=O) groups excluding carboxylic acids is 1. The Bertz CT molecular complexity index is 445. The van der Waals surface area contributed by atoms with E-state index in [1.54, 1.807) is 6.92 Å². The second-order valence-electron chi connectivity index (χ2n) is 3.05. The molecule has 1 rings (SSSR count). The molecule has 0 unspecified atom stereocenters. The summed E-state index contributed by atoms with van der Waals surface area (Å²) in [4.78, 5) is 24.0. The first-order chi connectivity index (χ1) is 8.15. The number of hydrogen-bond acceptors (Lipinski definition) is 7. The predicted molar refractivity (Wildman–Crippen MR) is 58.3 cm³/mol. The van der Waals surface area contributed by atoms with Gasteiger partial charge in [0.15, 0.2) is 5.71 Å². The Morgan fingerprint density at radius 3 is 2.71 bits per heavy atom. The van der Waals surface area contributed by atoms with Crippen LogP contribution >= 0.6 is 0 Å². The minimum absolute atomic E-state index is 0.0721. The molecule has 92 valence electrons. The van der Waals surface area contributed by atoms with Crippen LogP contribution in [-0.4, -0.2) is 41.0 Å². The van der Waals surface area contributed by atoms with Crippen molar-refractivity contribution < 1.29 is 19.5 Å². The van der Waals surface area contributed by atoms with Gasteiger partial charge in [0.1, 0.15) is 13.4 Å². The van der Waals surface area contributed by atoms with E-state index in [-0.39, 0.29) is 12.3 Å². The lowest BCUT2D eigenvalue weighted by Gasteiger charge is -2.09. The molecule has 0 saturated carbocycles. The Morgan fingerprint density at radius 1 is 1.47 bits per heavy atom. The van der Waals surface area contributed by atoms with Gasteiger partial charge in [-0.25, -0.2) is 14.8 Å². The Balaban J connectivity index is 3.37. The highest BCUT2D eigenvalue weighted by atomic mass is 16.6. The smallest absolute Gasteiger partial charge is 0.360 e. The van der Waals surface area contributed by atoms with Crippen molar-refractivity contribution in [2.75, 3.05) is 14.2 Å². The van der Waals surface area contributed by atoms with Gasteiger partial charge in [0.05, 0.1) is 30.7 Å². The number of aliphatic hydroxyl groups excluding tert-OH is 1. The molecule has 0 amide bonds. The Labute approximate surface area is 98.1 Å². The van der Waals surface area contributed by atoms with Crippen molar-refractivity contribution in [2.24, 2.45) is 5.16 Å². The van der Waals surface area contributed by atoms with E-state index < -0.39 is 5.97 Å². The summed E-state index contributed by atoms with van der Waals surface area (Å²) in [7, 11) is 2.53. The highest BCUT2D eigenvalue weighted by molar-refractivity contribution is 6.43. The van der Waals surface area contributed by atoms with Crippen LogP contribution in [-0.2, 0) is 21.0 Å². The summed E-state index contributed by atoms with van der Waals surface area (Å²) in [6.07, 6.45) is 1.30. The number of aliphatic hydroxyl groups is 1. The molecule has 0 fully saturated rings. The van der Waals surface area contributed by atoms with Crippen LogP contribution in [0.5, 0.6) is 0 Å². The maximum absolute atomic E-state index is 11.6. The Morgan fingerprint density at radius 2 is 2.18 bits per heavy atom. The van der Waals surface area contributed by atoms with Crippen molar-refractivity contribution in [3.63, 3.8) is 0 Å². The second kappa shape index (κ2) is 5.90. The average Bonchev–Trinajstić information content (AvgIpc) is 2.35. The van der Waals surface area contributed by atoms with Gasteiger partial charge >= 0.3 is 5.97 Å². The van der Waals surface area contributed by atoms with E-state index in [1.807, 2.05) is 0 Å². The largest absolute Gasteiger partial charge is 0.464 e. The number of carbonyl (C=O) groups is 1. The van der Waals surface area contributed by atoms with Gasteiger partial charge in [-0.05, 0) is 6.92 Å². The summed E-state index contributed by atoms with van der Waals surface area (Å²) in [6, 6.07) is 0. The molecular formula is C10H13N3O4. The highest BCUT2D eigenvalue weighted by Crippen LogP contribution is 2.12. The average molecular weight is 239 g/mol. The maximum atomic E-state index is 11.6. The third-order valence-corrected chi connectivity index (χ3v) is 2.06. The summed E-state index contributed by atoms with van der Waals surface area (Å²) < 4.78 is 4.59. The van der Waals surface area contributed by atoms with Crippen LogP contribution in [0.1, 0.15) is 17.0 Å². The summed E-state index contributed by atoms with van der Waals surface area (Å²) in [5.74, 6) is -0.681. The van der Waals surface area contributed by atoms with Gasteiger partial charge < -0.3 is 14.7 Å². The molecule has 0 bridgehead atoms. The molecule has 1 aromatic rings. The molecule has 0 aliphatic rings. The van der Waals surface area contributed by atoms with Crippen LogP contribution in [0.2, 0.25) is 0 Å². The zero-order valence-corrected chi connectivity index (χ0v) is 9.80. The van der Waals surface area contributed by atoms with Gasteiger partial charge in [-0.2, -0.15) is 0 Å². The quantitative estimate of drug-likeness (QED) is 0.444. The number of ether oxygens (including phenoxy) is 1. The van der Waals surface area contributed by atoms with E-state index in [9.17, 15) is 9.90 Å². The molecule has 0 aliphatic carbocycles. The molecular weight excluding hydrogens is 226 g/mol. The SMILES string of the molecule is CO/N=C(/C(=O)OC)c1c(C)ncnc1CO. The Kier molecular flexibility index (Phi) is 4.53. The summed E-state index contributed by atoms with van der Waals surface area (Å²) >= 11 is 0. The lowest BCUT2D eigenvalue weighted by molar-refractivity contribution is -0.132. The lowest BCUT2D eigenvalue weighted by Crippen LogP contribution is -2.22. The Hall–Kier alpha value is -2.02. The van der Waals surface area contributed by atoms with Gasteiger partial charge in [0.2, 0.25) is 0 Å². The normalized spacial score (nSPS) is 11.2. The van der Waals surface area contributed by atoms with E-state index >= 15 is 0 Å². The fraction of sp³-hybridized carbons (Fsp3) is 0.400. The van der Waals surface area contributed by atoms with Crippen LogP contribution in [0.4, 0.5) is 0 Å². The molecule has 7 heteroatoms. The standard InChI is InChI=1S/C10H13N3O4/c1-6-8(7(4-14)12-5-11-6)9(13-17-3)10(15)16-2/h5,14H,4H2,1-3H3/b13-9+. The number of rotatable bonds is 4. The number of nitrogens with zero attached hydrogens (tertiary/aromatic N) is 3. The van der Waals surface area contributed by atoms with Crippen LogP contribution < -0.4 is 0 Å². The number of aryl methyl sites for hydroxylation is 1. The topological polar surface area (TPSA) is 93.9 Å². The van der Waals surface area contributed by atoms with Gasteiger partial charge in [0, 0.05) is 0 Å². The molecule has 7 nitrogen and oxygen atoms in total. The molecule has 0 aromatic carbocycles. The van der Waals surface area contributed by atoms with E-state index in [0.717, 1.165) is 0 Å². The number of methoxy groups -OCH3 is 1. The number of esters is 1. The highest BCUT2D eigenvalue weighted by Gasteiger charge is 2.22. The minimum atomic E-state index is -0.681. The van der Waals surface area contributed by atoms with Crippen LogP contribution in [0.15, 0.2) is 11.5 Å². The third-order valence-electron chi connectivity index (χ3n) is 2.06. The maximum Gasteiger partial charge on any atom is 0.360 e. The number of hydrogen-bond donors (Lipinski definition) is 1. The van der Waals surface area contributed by atoms with E-state index in [2.05, 4.69) is 24.7 Å². The fourth-order valence-corrected chi connectivity index (χ4v) is 1.32. The van der Waals surface area contributed by atoms with Crippen molar-refractivity contribution >= 4 is 11.7 Å². The molecule has 1 N–H and O–H groups in total. The van der Waals surface area contributed by atoms with E-state index in [4.69, 9.17) is 0 Å². The molecule has 17 heavy (non-hydrogen) atoms. The number of oxime groups is 1. The summed E-state index contributed by atoms with van der Waals surface area (Å²) in [5, 5.41) is 12.8. The van der Waals surface area contributed by atoms with Crippen molar-refractivity contribution in [3.05, 3.63) is 23.3 Å². The number of aromatic nitrogens is 2. The zero-order valence-electron chi connectivity index (χ0n) is 9.80. The molecule has 0 saturated heterocycles. The molecule has 0 aliphatic heterocycles. The van der Waals surface area contributed by atoms with Crippen molar-refractivity contribution in [2.45, 2.75) is 13.5 Å². The second-order valence-corrected chi connectivity index (χ2v) is 3.05. The molecule has 0 atom stereocenters. The fourth-order valence-electron chi connectivity index (χ4n) is 1.32. The van der Waals surface area contributed by atoms with Crippen LogP contribution in [0, 0.1) is 6.92 Å². The van der Waals surface area contributed by atoms with Gasteiger partial charge in [-0.3, -0.25) is 0 Å². The van der Waals surface area contributed by atoms with Crippen molar-refractivity contribution in [1.82, 2.24) is 9.97 Å². The third kappa shape index (κ3) is 2.76.